The van der Waals surface area contributed by atoms with E-state index in [-0.39, 0.29) is 28.5 Å². The molecule has 152 valence electrons. The van der Waals surface area contributed by atoms with Crippen LogP contribution in [0.2, 0.25) is 0 Å². The second-order valence-electron chi connectivity index (χ2n) is 6.09. The van der Waals surface area contributed by atoms with E-state index in [0.29, 0.717) is 21.9 Å². The highest BCUT2D eigenvalue weighted by Gasteiger charge is 2.34. The van der Waals surface area contributed by atoms with E-state index in [9.17, 15) is 27.0 Å². The number of alkyl halides is 3. The summed E-state index contributed by atoms with van der Waals surface area (Å²) in [6, 6.07) is 3.56. The number of rotatable bonds is 5. The van der Waals surface area contributed by atoms with Crippen LogP contribution < -0.4 is 5.43 Å². The molecule has 1 aromatic carbocycles. The molecule has 2 rings (SSSR count). The SMILES string of the molecule is CCOC(=O)CS(=O)c1cc(-c2nn(C)c(C(F)(F)F)cc2=O)c(C)cc1C. The topological polar surface area (TPSA) is 78.3 Å². The zero-order chi connectivity index (χ0) is 21.2. The van der Waals surface area contributed by atoms with Crippen molar-refractivity contribution in [1.29, 1.82) is 0 Å². The Morgan fingerprint density at radius 3 is 2.43 bits per heavy atom. The molecule has 28 heavy (non-hydrogen) atoms. The summed E-state index contributed by atoms with van der Waals surface area (Å²) in [5.74, 6) is -0.999. The molecular weight excluding hydrogens is 397 g/mol. The maximum atomic E-state index is 13.0. The molecular formula is C18H19F3N2O4S. The van der Waals surface area contributed by atoms with Crippen molar-refractivity contribution in [3.8, 4) is 11.3 Å². The van der Waals surface area contributed by atoms with Gasteiger partial charge in [-0.3, -0.25) is 18.5 Å². The lowest BCUT2D eigenvalue weighted by molar-refractivity contribution is -0.144. The molecule has 1 atom stereocenters. The third-order valence-electron chi connectivity index (χ3n) is 3.97. The summed E-state index contributed by atoms with van der Waals surface area (Å²) in [6.45, 7) is 5.13. The van der Waals surface area contributed by atoms with Crippen molar-refractivity contribution in [3.05, 3.63) is 45.2 Å². The lowest BCUT2D eigenvalue weighted by Crippen LogP contribution is -2.23. The van der Waals surface area contributed by atoms with Gasteiger partial charge in [0.05, 0.1) is 17.4 Å². The fraction of sp³-hybridized carbons (Fsp3) is 0.389. The molecule has 0 saturated carbocycles. The predicted molar refractivity (Wildman–Crippen MR) is 97.3 cm³/mol. The molecule has 0 amide bonds. The summed E-state index contributed by atoms with van der Waals surface area (Å²) in [7, 11) is -0.648. The second kappa shape index (κ2) is 8.26. The molecule has 0 aliphatic heterocycles. The number of carbonyl (C=O) groups excluding carboxylic acids is 1. The van der Waals surface area contributed by atoms with Gasteiger partial charge in [0.2, 0.25) is 5.43 Å². The summed E-state index contributed by atoms with van der Waals surface area (Å²) >= 11 is 0. The minimum atomic E-state index is -4.71. The number of benzene rings is 1. The third-order valence-corrected chi connectivity index (χ3v) is 5.40. The highest BCUT2D eigenvalue weighted by Crippen LogP contribution is 2.29. The van der Waals surface area contributed by atoms with Crippen molar-refractivity contribution in [2.24, 2.45) is 7.05 Å². The molecule has 6 nitrogen and oxygen atoms in total. The monoisotopic (exact) mass is 416 g/mol. The van der Waals surface area contributed by atoms with E-state index in [1.54, 1.807) is 26.8 Å². The average molecular weight is 416 g/mol. The molecule has 0 spiro atoms. The Hall–Kier alpha value is -2.49. The maximum absolute atomic E-state index is 13.0. The number of hydrogen-bond donors (Lipinski definition) is 0. The van der Waals surface area contributed by atoms with E-state index in [1.807, 2.05) is 0 Å². The van der Waals surface area contributed by atoms with E-state index in [1.165, 1.54) is 6.07 Å². The number of nitrogens with zero attached hydrogens (tertiary/aromatic N) is 2. The zero-order valence-corrected chi connectivity index (χ0v) is 16.5. The number of carbonyl (C=O) groups is 1. The summed E-state index contributed by atoms with van der Waals surface area (Å²) in [5, 5.41) is 3.78. The van der Waals surface area contributed by atoms with Gasteiger partial charge in [-0.2, -0.15) is 18.3 Å². The van der Waals surface area contributed by atoms with E-state index in [2.05, 4.69) is 5.10 Å². The summed E-state index contributed by atoms with van der Waals surface area (Å²) in [5.41, 5.74) is -0.808. The number of hydrogen-bond acceptors (Lipinski definition) is 5. The van der Waals surface area contributed by atoms with Gasteiger partial charge >= 0.3 is 12.1 Å². The van der Waals surface area contributed by atoms with Crippen LogP contribution >= 0.6 is 0 Å². The number of aromatic nitrogens is 2. The van der Waals surface area contributed by atoms with Gasteiger partial charge in [0.15, 0.2) is 0 Å². The Morgan fingerprint density at radius 1 is 1.21 bits per heavy atom. The Labute approximate surface area is 161 Å². The normalized spacial score (nSPS) is 12.7. The largest absolute Gasteiger partial charge is 0.465 e. The van der Waals surface area contributed by atoms with Crippen molar-refractivity contribution >= 4 is 16.8 Å². The summed E-state index contributed by atoms with van der Waals surface area (Å²) in [6.07, 6.45) is -4.71. The van der Waals surface area contributed by atoms with Gasteiger partial charge in [0.25, 0.3) is 0 Å². The predicted octanol–water partition coefficient (Wildman–Crippen LogP) is 2.75. The van der Waals surface area contributed by atoms with Gasteiger partial charge in [-0.15, -0.1) is 0 Å². The number of esters is 1. The van der Waals surface area contributed by atoms with Gasteiger partial charge in [-0.25, -0.2) is 0 Å². The Bertz CT molecular complexity index is 1000. The first-order valence-corrected chi connectivity index (χ1v) is 9.58. The molecule has 0 N–H and O–H groups in total. The standard InChI is InChI=1S/C18H19F3N2O4S/c1-5-27-16(25)9-28(26)14-7-12(10(2)6-11(14)3)17-13(24)8-15(18(19,20)21)23(4)22-17/h6-8H,5,9H2,1-4H3. The number of aryl methyl sites for hydroxylation is 3. The average Bonchev–Trinajstić information content (AvgIpc) is 2.56. The highest BCUT2D eigenvalue weighted by atomic mass is 32.2. The molecule has 0 radical (unpaired) electrons. The third kappa shape index (κ3) is 4.67. The molecule has 1 heterocycles. The zero-order valence-electron chi connectivity index (χ0n) is 15.7. The smallest absolute Gasteiger partial charge is 0.433 e. The molecule has 0 aliphatic carbocycles. The number of halogens is 3. The van der Waals surface area contributed by atoms with Crippen molar-refractivity contribution in [2.45, 2.75) is 31.8 Å². The van der Waals surface area contributed by atoms with Crippen LogP contribution in [0.4, 0.5) is 13.2 Å². The van der Waals surface area contributed by atoms with Crippen molar-refractivity contribution < 1.29 is 26.9 Å². The molecule has 1 unspecified atom stereocenters. The van der Waals surface area contributed by atoms with Crippen LogP contribution in [-0.4, -0.2) is 32.3 Å². The molecule has 0 bridgehead atoms. The van der Waals surface area contributed by atoms with Crippen LogP contribution in [0.5, 0.6) is 0 Å². The summed E-state index contributed by atoms with van der Waals surface area (Å²) < 4.78 is 56.8. The quantitative estimate of drug-likeness (QED) is 0.701. The minimum absolute atomic E-state index is 0.152. The van der Waals surface area contributed by atoms with Crippen molar-refractivity contribution in [1.82, 2.24) is 9.78 Å². The second-order valence-corrected chi connectivity index (χ2v) is 7.51. The van der Waals surface area contributed by atoms with E-state index in [0.717, 1.165) is 7.05 Å². The molecule has 1 aromatic heterocycles. The Balaban J connectivity index is 2.56. The fourth-order valence-corrected chi connectivity index (χ4v) is 3.83. The number of ether oxygens (including phenoxy) is 1. The minimum Gasteiger partial charge on any atom is -0.465 e. The van der Waals surface area contributed by atoms with Gasteiger partial charge in [-0.05, 0) is 38.0 Å². The first kappa shape index (κ1) is 21.8. The van der Waals surface area contributed by atoms with Crippen LogP contribution in [-0.2, 0) is 33.6 Å². The molecule has 2 aromatic rings. The Morgan fingerprint density at radius 2 is 1.86 bits per heavy atom. The van der Waals surface area contributed by atoms with Crippen molar-refractivity contribution in [3.63, 3.8) is 0 Å². The van der Waals surface area contributed by atoms with Crippen LogP contribution in [0.15, 0.2) is 27.9 Å². The van der Waals surface area contributed by atoms with E-state index in [4.69, 9.17) is 4.74 Å². The van der Waals surface area contributed by atoms with Gasteiger partial charge in [0, 0.05) is 23.6 Å². The van der Waals surface area contributed by atoms with Gasteiger partial charge in [-0.1, -0.05) is 6.07 Å². The first-order chi connectivity index (χ1) is 13.0. The fourth-order valence-electron chi connectivity index (χ4n) is 2.71. The molecule has 10 heteroatoms. The van der Waals surface area contributed by atoms with Crippen molar-refractivity contribution in [2.75, 3.05) is 12.4 Å². The lowest BCUT2D eigenvalue weighted by Gasteiger charge is -2.15. The van der Waals surface area contributed by atoms with Crippen LogP contribution in [0.3, 0.4) is 0 Å². The van der Waals surface area contributed by atoms with Crippen LogP contribution in [0.1, 0.15) is 23.7 Å². The Kier molecular flexibility index (Phi) is 6.43. The van der Waals surface area contributed by atoms with Gasteiger partial charge in [0.1, 0.15) is 17.1 Å². The van der Waals surface area contributed by atoms with Crippen LogP contribution in [0.25, 0.3) is 11.3 Å². The highest BCUT2D eigenvalue weighted by molar-refractivity contribution is 7.85. The van der Waals surface area contributed by atoms with Gasteiger partial charge < -0.3 is 4.74 Å². The lowest BCUT2D eigenvalue weighted by atomic mass is 10.0. The maximum Gasteiger partial charge on any atom is 0.433 e. The van der Waals surface area contributed by atoms with E-state index < -0.39 is 34.1 Å². The molecule has 0 aliphatic rings. The first-order valence-electron chi connectivity index (χ1n) is 8.26. The van der Waals surface area contributed by atoms with Crippen LogP contribution in [0, 0.1) is 13.8 Å². The molecule has 0 fully saturated rings. The molecule has 0 saturated heterocycles. The van der Waals surface area contributed by atoms with E-state index >= 15 is 0 Å². The summed E-state index contributed by atoms with van der Waals surface area (Å²) in [4.78, 5) is 24.2.